The fourth-order valence-corrected chi connectivity index (χ4v) is 3.10. The number of carboxylic acids is 1. The van der Waals surface area contributed by atoms with Crippen LogP contribution in [0.15, 0.2) is 48.6 Å². The lowest BCUT2D eigenvalue weighted by atomic mass is 9.90. The molecule has 0 aromatic carbocycles. The molecule has 1 saturated carbocycles. The van der Waals surface area contributed by atoms with Crippen molar-refractivity contribution in [3.8, 4) is 0 Å². The van der Waals surface area contributed by atoms with E-state index in [9.17, 15) is 19.8 Å². The van der Waals surface area contributed by atoms with Crippen LogP contribution in [-0.2, 0) is 9.59 Å². The number of carbonyl (C=O) groups excluding carboxylic acids is 1. The maximum absolute atomic E-state index is 12.1. The molecule has 0 spiro atoms. The highest BCUT2D eigenvalue weighted by atomic mass is 16.4. The van der Waals surface area contributed by atoms with Gasteiger partial charge in [0.2, 0.25) is 0 Å². The molecule has 1 aliphatic rings. The fourth-order valence-electron chi connectivity index (χ4n) is 3.10. The van der Waals surface area contributed by atoms with Crippen LogP contribution in [0.4, 0.5) is 0 Å². The van der Waals surface area contributed by atoms with E-state index in [1.807, 2.05) is 12.2 Å². The van der Waals surface area contributed by atoms with Crippen LogP contribution in [0.25, 0.3) is 0 Å². The molecule has 5 nitrogen and oxygen atoms in total. The third kappa shape index (κ3) is 9.50. The second-order valence-corrected chi connectivity index (χ2v) is 6.84. The minimum absolute atomic E-state index is 0.00669. The molecule has 27 heavy (non-hydrogen) atoms. The molecule has 1 rings (SSSR count). The molecule has 0 aliphatic heterocycles. The molecule has 0 aromatic rings. The van der Waals surface area contributed by atoms with Gasteiger partial charge in [0.25, 0.3) is 0 Å². The number of rotatable bonds is 12. The monoisotopic (exact) mass is 376 g/mol. The Morgan fingerprint density at radius 2 is 1.93 bits per heavy atom. The number of aliphatic hydroxyl groups is 2. The highest BCUT2D eigenvalue weighted by Crippen LogP contribution is 2.33. The van der Waals surface area contributed by atoms with Gasteiger partial charge in [-0.3, -0.25) is 9.59 Å². The molecule has 0 bridgehead atoms. The summed E-state index contributed by atoms with van der Waals surface area (Å²) in [5.41, 5.74) is 0. The summed E-state index contributed by atoms with van der Waals surface area (Å²) in [6.45, 7) is 2.08. The predicted octanol–water partition coefficient (Wildman–Crippen LogP) is 3.58. The largest absolute Gasteiger partial charge is 0.481 e. The molecule has 0 saturated heterocycles. The smallest absolute Gasteiger partial charge is 0.303 e. The van der Waals surface area contributed by atoms with Gasteiger partial charge in [0.15, 0.2) is 0 Å². The van der Waals surface area contributed by atoms with Gasteiger partial charge in [0.05, 0.1) is 12.2 Å². The van der Waals surface area contributed by atoms with E-state index in [0.29, 0.717) is 19.3 Å². The van der Waals surface area contributed by atoms with E-state index in [-0.39, 0.29) is 30.5 Å². The number of Topliss-reactive ketones (excluding diaryl/α,β-unsaturated/α-hetero) is 1. The van der Waals surface area contributed by atoms with Crippen LogP contribution < -0.4 is 0 Å². The van der Waals surface area contributed by atoms with Crippen molar-refractivity contribution in [3.05, 3.63) is 48.6 Å². The lowest BCUT2D eigenvalue weighted by Crippen LogP contribution is -2.19. The summed E-state index contributed by atoms with van der Waals surface area (Å²) in [5.74, 6) is -1.37. The maximum atomic E-state index is 12.1. The molecule has 0 amide bonds. The Morgan fingerprint density at radius 3 is 2.63 bits per heavy atom. The van der Waals surface area contributed by atoms with Gasteiger partial charge < -0.3 is 15.3 Å². The minimum Gasteiger partial charge on any atom is -0.481 e. The SMILES string of the molecule is CC/C=C\C/C=C\C[C@H]1[C@H](O)CC(=O)[C@@H]1/C=C/[C@@H](O)C/C=C\CCC(=O)O. The van der Waals surface area contributed by atoms with Gasteiger partial charge in [-0.2, -0.15) is 0 Å². The van der Waals surface area contributed by atoms with E-state index in [1.54, 1.807) is 24.3 Å². The number of ketones is 1. The third-order valence-corrected chi connectivity index (χ3v) is 4.60. The zero-order chi connectivity index (χ0) is 20.1. The molecule has 0 heterocycles. The van der Waals surface area contributed by atoms with Gasteiger partial charge in [-0.1, -0.05) is 55.5 Å². The van der Waals surface area contributed by atoms with Crippen molar-refractivity contribution in [1.82, 2.24) is 0 Å². The van der Waals surface area contributed by atoms with Crippen LogP contribution in [0.5, 0.6) is 0 Å². The first-order chi connectivity index (χ1) is 13.0. The lowest BCUT2D eigenvalue weighted by molar-refractivity contribution is -0.136. The van der Waals surface area contributed by atoms with E-state index < -0.39 is 18.2 Å². The van der Waals surface area contributed by atoms with Crippen molar-refractivity contribution in [2.45, 2.75) is 64.1 Å². The number of carbonyl (C=O) groups is 2. The summed E-state index contributed by atoms with van der Waals surface area (Å²) in [7, 11) is 0. The van der Waals surface area contributed by atoms with Crippen molar-refractivity contribution in [3.63, 3.8) is 0 Å². The number of carboxylic acid groups (broad SMARTS) is 1. The average Bonchev–Trinajstić information content (AvgIpc) is 2.88. The average molecular weight is 376 g/mol. The van der Waals surface area contributed by atoms with Crippen LogP contribution in [0.1, 0.15) is 51.9 Å². The Labute approximate surface area is 161 Å². The molecule has 0 aromatic heterocycles. The summed E-state index contributed by atoms with van der Waals surface area (Å²) in [6.07, 6.45) is 17.2. The van der Waals surface area contributed by atoms with Gasteiger partial charge in [0.1, 0.15) is 5.78 Å². The molecule has 150 valence electrons. The second kappa shape index (κ2) is 13.2. The summed E-state index contributed by atoms with van der Waals surface area (Å²) in [4.78, 5) is 22.6. The first kappa shape index (κ1) is 23.1. The zero-order valence-electron chi connectivity index (χ0n) is 16.0. The summed E-state index contributed by atoms with van der Waals surface area (Å²) >= 11 is 0. The number of aliphatic hydroxyl groups excluding tert-OH is 2. The van der Waals surface area contributed by atoms with Crippen molar-refractivity contribution in [1.29, 1.82) is 0 Å². The molecule has 5 heteroatoms. The molecular weight excluding hydrogens is 344 g/mol. The molecular formula is C22H32O5. The van der Waals surface area contributed by atoms with Gasteiger partial charge in [-0.05, 0) is 32.1 Å². The van der Waals surface area contributed by atoms with Crippen LogP contribution in [-0.4, -0.2) is 39.3 Å². The predicted molar refractivity (Wildman–Crippen MR) is 106 cm³/mol. The molecule has 0 radical (unpaired) electrons. The van der Waals surface area contributed by atoms with E-state index >= 15 is 0 Å². The normalized spacial score (nSPS) is 24.9. The van der Waals surface area contributed by atoms with Gasteiger partial charge in [-0.15, -0.1) is 0 Å². The van der Waals surface area contributed by atoms with Gasteiger partial charge in [-0.25, -0.2) is 0 Å². The Kier molecular flexibility index (Phi) is 11.3. The highest BCUT2D eigenvalue weighted by Gasteiger charge is 2.39. The molecule has 0 unspecified atom stereocenters. The molecule has 1 aliphatic carbocycles. The van der Waals surface area contributed by atoms with Gasteiger partial charge in [0, 0.05) is 24.7 Å². The quantitative estimate of drug-likeness (QED) is 0.453. The van der Waals surface area contributed by atoms with E-state index in [0.717, 1.165) is 12.8 Å². The fraction of sp³-hybridized carbons (Fsp3) is 0.545. The van der Waals surface area contributed by atoms with E-state index in [2.05, 4.69) is 19.1 Å². The van der Waals surface area contributed by atoms with Crippen LogP contribution in [0.3, 0.4) is 0 Å². The van der Waals surface area contributed by atoms with Crippen LogP contribution in [0, 0.1) is 11.8 Å². The summed E-state index contributed by atoms with van der Waals surface area (Å²) in [6, 6.07) is 0. The first-order valence-electron chi connectivity index (χ1n) is 9.69. The van der Waals surface area contributed by atoms with Crippen LogP contribution in [0.2, 0.25) is 0 Å². The van der Waals surface area contributed by atoms with Crippen molar-refractivity contribution in [2.24, 2.45) is 11.8 Å². The summed E-state index contributed by atoms with van der Waals surface area (Å²) < 4.78 is 0. The number of hydrogen-bond acceptors (Lipinski definition) is 4. The Balaban J connectivity index is 2.50. The lowest BCUT2D eigenvalue weighted by Gasteiger charge is -2.16. The Hall–Kier alpha value is -1.98. The molecule has 3 N–H and O–H groups in total. The summed E-state index contributed by atoms with van der Waals surface area (Å²) in [5, 5.41) is 28.7. The number of hydrogen-bond donors (Lipinski definition) is 3. The third-order valence-electron chi connectivity index (χ3n) is 4.60. The Morgan fingerprint density at radius 1 is 1.19 bits per heavy atom. The van der Waals surface area contributed by atoms with E-state index in [4.69, 9.17) is 5.11 Å². The van der Waals surface area contributed by atoms with Crippen LogP contribution >= 0.6 is 0 Å². The van der Waals surface area contributed by atoms with Crippen molar-refractivity contribution in [2.75, 3.05) is 0 Å². The number of allylic oxidation sites excluding steroid dienone is 6. The number of aliphatic carboxylic acids is 1. The van der Waals surface area contributed by atoms with E-state index in [1.165, 1.54) is 0 Å². The van der Waals surface area contributed by atoms with Crippen molar-refractivity contribution >= 4 is 11.8 Å². The van der Waals surface area contributed by atoms with Crippen molar-refractivity contribution < 1.29 is 24.9 Å². The zero-order valence-corrected chi connectivity index (χ0v) is 16.0. The highest BCUT2D eigenvalue weighted by molar-refractivity contribution is 5.86. The van der Waals surface area contributed by atoms with Gasteiger partial charge >= 0.3 is 5.97 Å². The minimum atomic E-state index is -0.847. The topological polar surface area (TPSA) is 94.8 Å². The molecule has 4 atom stereocenters. The Bertz CT molecular complexity index is 573. The maximum Gasteiger partial charge on any atom is 0.303 e. The first-order valence-corrected chi connectivity index (χ1v) is 9.69. The standard InChI is InChI=1S/C22H32O5/c1-2-3-4-5-6-9-12-18-19(21(25)16-20(18)24)15-14-17(23)11-8-7-10-13-22(26)27/h3-4,6-9,14-15,17-20,23-24H,2,5,10-13,16H2,1H3,(H,26,27)/b4-3-,8-7-,9-6-,15-14+/t17-,18+,19+,20+/m0/s1. The molecule has 1 fully saturated rings. The second-order valence-electron chi connectivity index (χ2n) is 6.84.